The van der Waals surface area contributed by atoms with Gasteiger partial charge in [0.25, 0.3) is 5.91 Å². The maximum absolute atomic E-state index is 12.2. The fourth-order valence-corrected chi connectivity index (χ4v) is 3.11. The minimum Gasteiger partial charge on any atom is -0.386 e. The molecule has 124 valence electrons. The first-order valence-corrected chi connectivity index (χ1v) is 8.94. The number of hydrogen-bond acceptors (Lipinski definition) is 5. The van der Waals surface area contributed by atoms with Crippen LogP contribution in [0.4, 0.5) is 5.69 Å². The summed E-state index contributed by atoms with van der Waals surface area (Å²) in [6.07, 6.45) is 0.847. The second-order valence-electron chi connectivity index (χ2n) is 5.32. The van der Waals surface area contributed by atoms with Crippen molar-refractivity contribution in [3.05, 3.63) is 62.5 Å². The fourth-order valence-electron chi connectivity index (χ4n) is 2.16. The van der Waals surface area contributed by atoms with Gasteiger partial charge in [-0.25, -0.2) is 4.68 Å². The van der Waals surface area contributed by atoms with E-state index >= 15 is 0 Å². The lowest BCUT2D eigenvalue weighted by atomic mass is 10.2. The van der Waals surface area contributed by atoms with E-state index in [-0.39, 0.29) is 18.1 Å². The van der Waals surface area contributed by atoms with Crippen molar-refractivity contribution in [2.24, 2.45) is 0 Å². The first-order chi connectivity index (χ1) is 11.5. The van der Waals surface area contributed by atoms with Gasteiger partial charge in [0.2, 0.25) is 0 Å². The molecule has 6 nitrogen and oxygen atoms in total. The van der Waals surface area contributed by atoms with Gasteiger partial charge in [-0.3, -0.25) is 4.79 Å². The molecule has 2 heterocycles. The standard InChI is InChI=1S/C16H15BrN4O2S/c1-10-6-12(2-3-13(10)17)18-16(23)14-7-21(20-19-14)8-15(22)11-4-5-24-9-11/h2-7,9,15,22H,8H2,1H3,(H,18,23). The molecule has 0 spiro atoms. The Balaban J connectivity index is 1.66. The zero-order chi connectivity index (χ0) is 17.1. The van der Waals surface area contributed by atoms with E-state index in [4.69, 9.17) is 0 Å². The Bertz CT molecular complexity index is 848. The number of halogens is 1. The number of carbonyl (C=O) groups is 1. The molecule has 3 rings (SSSR count). The van der Waals surface area contributed by atoms with Gasteiger partial charge in [0, 0.05) is 10.2 Å². The van der Waals surface area contributed by atoms with Crippen molar-refractivity contribution in [2.45, 2.75) is 19.6 Å². The Hall–Kier alpha value is -2.03. The Morgan fingerprint density at radius 1 is 1.46 bits per heavy atom. The van der Waals surface area contributed by atoms with Crippen LogP contribution in [0.25, 0.3) is 0 Å². The predicted octanol–water partition coefficient (Wildman–Crippen LogP) is 3.40. The number of carbonyl (C=O) groups excluding carboxylic acids is 1. The van der Waals surface area contributed by atoms with Gasteiger partial charge in [0.1, 0.15) is 0 Å². The van der Waals surface area contributed by atoms with Gasteiger partial charge in [0.05, 0.1) is 18.8 Å². The third kappa shape index (κ3) is 3.89. The minimum atomic E-state index is -0.678. The third-order valence-corrected chi connectivity index (χ3v) is 5.07. The average Bonchev–Trinajstić information content (AvgIpc) is 3.22. The highest BCUT2D eigenvalue weighted by molar-refractivity contribution is 9.10. The molecular weight excluding hydrogens is 392 g/mol. The number of nitrogens with zero attached hydrogens (tertiary/aromatic N) is 3. The summed E-state index contributed by atoms with van der Waals surface area (Å²) < 4.78 is 2.44. The number of aliphatic hydroxyl groups excluding tert-OH is 1. The van der Waals surface area contributed by atoms with Crippen LogP contribution in [0.2, 0.25) is 0 Å². The first-order valence-electron chi connectivity index (χ1n) is 7.21. The molecule has 0 bridgehead atoms. The number of amides is 1. The van der Waals surface area contributed by atoms with E-state index in [1.165, 1.54) is 22.2 Å². The van der Waals surface area contributed by atoms with Gasteiger partial charge >= 0.3 is 0 Å². The van der Waals surface area contributed by atoms with Crippen LogP contribution in [0.15, 0.2) is 45.7 Å². The molecule has 0 aliphatic rings. The van der Waals surface area contributed by atoms with Gasteiger partial charge in [-0.15, -0.1) is 5.10 Å². The van der Waals surface area contributed by atoms with Crippen molar-refractivity contribution in [1.82, 2.24) is 15.0 Å². The molecule has 8 heteroatoms. The molecule has 1 unspecified atom stereocenters. The van der Waals surface area contributed by atoms with Crippen molar-refractivity contribution in [1.29, 1.82) is 0 Å². The van der Waals surface area contributed by atoms with Crippen LogP contribution >= 0.6 is 27.3 Å². The second kappa shape index (κ2) is 7.25. The van der Waals surface area contributed by atoms with Crippen molar-refractivity contribution in [3.8, 4) is 0 Å². The Morgan fingerprint density at radius 3 is 3.00 bits per heavy atom. The number of nitrogens with one attached hydrogen (secondary N) is 1. The maximum Gasteiger partial charge on any atom is 0.277 e. The van der Waals surface area contributed by atoms with E-state index in [0.29, 0.717) is 5.69 Å². The molecule has 1 aromatic carbocycles. The van der Waals surface area contributed by atoms with E-state index in [1.807, 2.05) is 35.9 Å². The molecule has 1 atom stereocenters. The molecule has 1 amide bonds. The summed E-state index contributed by atoms with van der Waals surface area (Å²) in [5.41, 5.74) is 2.74. The maximum atomic E-state index is 12.2. The number of benzene rings is 1. The number of anilines is 1. The summed E-state index contributed by atoms with van der Waals surface area (Å²) in [7, 11) is 0. The van der Waals surface area contributed by atoms with Crippen LogP contribution in [0.1, 0.15) is 27.7 Å². The summed E-state index contributed by atoms with van der Waals surface area (Å²) in [6, 6.07) is 7.40. The van der Waals surface area contributed by atoms with E-state index in [1.54, 1.807) is 6.07 Å². The van der Waals surface area contributed by atoms with Crippen molar-refractivity contribution in [3.63, 3.8) is 0 Å². The SMILES string of the molecule is Cc1cc(NC(=O)c2cn(CC(O)c3ccsc3)nn2)ccc1Br. The number of aromatic nitrogens is 3. The lowest BCUT2D eigenvalue weighted by Gasteiger charge is -2.07. The summed E-state index contributed by atoms with van der Waals surface area (Å²) in [6.45, 7) is 2.19. The molecule has 0 radical (unpaired) electrons. The average molecular weight is 407 g/mol. The van der Waals surface area contributed by atoms with Crippen LogP contribution in [0, 0.1) is 6.92 Å². The number of thiophene rings is 1. The molecule has 2 aromatic heterocycles. The van der Waals surface area contributed by atoms with Crippen molar-refractivity contribution in [2.75, 3.05) is 5.32 Å². The van der Waals surface area contributed by atoms with Gasteiger partial charge in [-0.2, -0.15) is 11.3 Å². The summed E-state index contributed by atoms with van der Waals surface area (Å²) >= 11 is 4.94. The molecule has 0 saturated heterocycles. The lowest BCUT2D eigenvalue weighted by molar-refractivity contribution is 0.102. The molecule has 3 aromatic rings. The number of rotatable bonds is 5. The minimum absolute atomic E-state index is 0.202. The van der Waals surface area contributed by atoms with Crippen LogP contribution in [-0.4, -0.2) is 26.0 Å². The summed E-state index contributed by atoms with van der Waals surface area (Å²) in [5.74, 6) is -0.340. The smallest absolute Gasteiger partial charge is 0.277 e. The predicted molar refractivity (Wildman–Crippen MR) is 96.1 cm³/mol. The fraction of sp³-hybridized carbons (Fsp3) is 0.188. The Labute approximate surface area is 151 Å². The van der Waals surface area contributed by atoms with E-state index in [2.05, 4.69) is 31.6 Å². The van der Waals surface area contributed by atoms with Crippen LogP contribution in [0.5, 0.6) is 0 Å². The molecule has 0 saturated carbocycles. The van der Waals surface area contributed by atoms with E-state index < -0.39 is 6.10 Å². The molecule has 0 fully saturated rings. The highest BCUT2D eigenvalue weighted by atomic mass is 79.9. The van der Waals surface area contributed by atoms with Crippen LogP contribution < -0.4 is 5.32 Å². The Kier molecular flexibility index (Phi) is 5.08. The topological polar surface area (TPSA) is 80.0 Å². The third-order valence-electron chi connectivity index (χ3n) is 3.48. The number of aryl methyl sites for hydroxylation is 1. The molecule has 0 aliphatic carbocycles. The highest BCUT2D eigenvalue weighted by Gasteiger charge is 2.14. The molecule has 2 N–H and O–H groups in total. The van der Waals surface area contributed by atoms with Crippen LogP contribution in [0.3, 0.4) is 0 Å². The zero-order valence-electron chi connectivity index (χ0n) is 12.8. The quantitative estimate of drug-likeness (QED) is 0.680. The van der Waals surface area contributed by atoms with E-state index in [0.717, 1.165) is 15.6 Å². The molecule has 0 aliphatic heterocycles. The van der Waals surface area contributed by atoms with E-state index in [9.17, 15) is 9.90 Å². The van der Waals surface area contributed by atoms with Crippen molar-refractivity contribution < 1.29 is 9.90 Å². The normalized spacial score (nSPS) is 12.1. The zero-order valence-corrected chi connectivity index (χ0v) is 15.2. The monoisotopic (exact) mass is 406 g/mol. The molecular formula is C16H15BrN4O2S. The van der Waals surface area contributed by atoms with Gasteiger partial charge in [0.15, 0.2) is 5.69 Å². The second-order valence-corrected chi connectivity index (χ2v) is 6.95. The Morgan fingerprint density at radius 2 is 2.29 bits per heavy atom. The number of hydrogen-bond donors (Lipinski definition) is 2. The van der Waals surface area contributed by atoms with Gasteiger partial charge < -0.3 is 10.4 Å². The van der Waals surface area contributed by atoms with Crippen LogP contribution in [-0.2, 0) is 6.54 Å². The summed E-state index contributed by atoms with van der Waals surface area (Å²) in [4.78, 5) is 12.2. The number of aliphatic hydroxyl groups is 1. The largest absolute Gasteiger partial charge is 0.386 e. The lowest BCUT2D eigenvalue weighted by Crippen LogP contribution is -2.12. The highest BCUT2D eigenvalue weighted by Crippen LogP contribution is 2.20. The first kappa shape index (κ1) is 16.8. The van der Waals surface area contributed by atoms with Gasteiger partial charge in [-0.1, -0.05) is 21.1 Å². The summed E-state index contributed by atoms with van der Waals surface area (Å²) in [5, 5.41) is 24.5. The van der Waals surface area contributed by atoms with Crippen molar-refractivity contribution >= 4 is 38.9 Å². The van der Waals surface area contributed by atoms with Gasteiger partial charge in [-0.05, 0) is 53.1 Å². The molecule has 24 heavy (non-hydrogen) atoms.